The second kappa shape index (κ2) is 5.26. The SMILES string of the molecule is CCOC(=O)C(C#N)=C1c2ccccc2-c2ccccc21. The lowest BCUT2D eigenvalue weighted by Gasteiger charge is -2.06. The maximum atomic E-state index is 12.1. The summed E-state index contributed by atoms with van der Waals surface area (Å²) in [7, 11) is 0. The van der Waals surface area contributed by atoms with Gasteiger partial charge in [-0.05, 0) is 29.2 Å². The van der Waals surface area contributed by atoms with Crippen LogP contribution in [0.2, 0.25) is 0 Å². The Bertz CT molecular complexity index is 749. The first-order valence-electron chi connectivity index (χ1n) is 6.78. The third kappa shape index (κ3) is 2.02. The quantitative estimate of drug-likeness (QED) is 0.408. The fraction of sp³-hybridized carbons (Fsp3) is 0.111. The third-order valence-corrected chi connectivity index (χ3v) is 3.52. The van der Waals surface area contributed by atoms with Crippen molar-refractivity contribution in [1.29, 1.82) is 5.26 Å². The van der Waals surface area contributed by atoms with Gasteiger partial charge in [0.1, 0.15) is 11.6 Å². The minimum atomic E-state index is -0.568. The molecule has 0 saturated carbocycles. The summed E-state index contributed by atoms with van der Waals surface area (Å²) < 4.78 is 5.02. The molecule has 0 aromatic heterocycles. The summed E-state index contributed by atoms with van der Waals surface area (Å²) in [6.45, 7) is 1.98. The molecule has 0 spiro atoms. The van der Waals surface area contributed by atoms with Crippen molar-refractivity contribution in [2.75, 3.05) is 6.61 Å². The maximum Gasteiger partial charge on any atom is 0.349 e. The van der Waals surface area contributed by atoms with Gasteiger partial charge >= 0.3 is 5.97 Å². The van der Waals surface area contributed by atoms with Gasteiger partial charge in [-0.1, -0.05) is 48.5 Å². The minimum absolute atomic E-state index is 0.0641. The monoisotopic (exact) mass is 275 g/mol. The molecular formula is C18H13NO2. The normalized spacial score (nSPS) is 11.3. The van der Waals surface area contributed by atoms with E-state index in [-0.39, 0.29) is 12.2 Å². The van der Waals surface area contributed by atoms with Crippen LogP contribution in [-0.4, -0.2) is 12.6 Å². The van der Waals surface area contributed by atoms with Crippen LogP contribution in [-0.2, 0) is 9.53 Å². The van der Waals surface area contributed by atoms with Gasteiger partial charge in [-0.15, -0.1) is 0 Å². The number of ether oxygens (including phenoxy) is 1. The molecule has 0 radical (unpaired) electrons. The summed E-state index contributed by atoms with van der Waals surface area (Å²) in [5, 5.41) is 9.43. The predicted octanol–water partition coefficient (Wildman–Crippen LogP) is 3.56. The van der Waals surface area contributed by atoms with Crippen LogP contribution in [0.25, 0.3) is 16.7 Å². The summed E-state index contributed by atoms with van der Waals surface area (Å²) in [6, 6.07) is 17.6. The van der Waals surface area contributed by atoms with Crippen molar-refractivity contribution in [2.45, 2.75) is 6.92 Å². The van der Waals surface area contributed by atoms with Crippen LogP contribution in [0.5, 0.6) is 0 Å². The Balaban J connectivity index is 2.32. The van der Waals surface area contributed by atoms with E-state index in [9.17, 15) is 10.1 Å². The Morgan fingerprint density at radius 1 is 1.00 bits per heavy atom. The average molecular weight is 275 g/mol. The lowest BCUT2D eigenvalue weighted by Crippen LogP contribution is -2.08. The molecular weight excluding hydrogens is 262 g/mol. The minimum Gasteiger partial charge on any atom is -0.462 e. The summed E-state index contributed by atoms with van der Waals surface area (Å²) in [6.07, 6.45) is 0. The number of nitrogens with zero attached hydrogens (tertiary/aromatic N) is 1. The Morgan fingerprint density at radius 2 is 1.48 bits per heavy atom. The molecule has 3 heteroatoms. The highest BCUT2D eigenvalue weighted by Crippen LogP contribution is 2.45. The highest BCUT2D eigenvalue weighted by Gasteiger charge is 2.28. The molecule has 21 heavy (non-hydrogen) atoms. The number of hydrogen-bond acceptors (Lipinski definition) is 3. The molecule has 1 aliphatic carbocycles. The molecule has 0 heterocycles. The van der Waals surface area contributed by atoms with E-state index in [0.717, 1.165) is 22.3 Å². The highest BCUT2D eigenvalue weighted by molar-refractivity contribution is 6.12. The molecule has 2 aromatic carbocycles. The molecule has 3 rings (SSSR count). The van der Waals surface area contributed by atoms with Gasteiger partial charge in [0, 0.05) is 5.57 Å². The number of rotatable bonds is 2. The number of carbonyl (C=O) groups is 1. The topological polar surface area (TPSA) is 50.1 Å². The van der Waals surface area contributed by atoms with Gasteiger partial charge in [0.25, 0.3) is 0 Å². The lowest BCUT2D eigenvalue weighted by atomic mass is 9.98. The first-order chi connectivity index (χ1) is 10.3. The number of esters is 1. The van der Waals surface area contributed by atoms with Crippen LogP contribution >= 0.6 is 0 Å². The number of carbonyl (C=O) groups excluding carboxylic acids is 1. The molecule has 1 aliphatic rings. The Hall–Kier alpha value is -2.86. The zero-order valence-corrected chi connectivity index (χ0v) is 11.6. The van der Waals surface area contributed by atoms with E-state index in [4.69, 9.17) is 4.74 Å². The van der Waals surface area contributed by atoms with Crippen LogP contribution in [0.3, 0.4) is 0 Å². The van der Waals surface area contributed by atoms with Crippen LogP contribution in [0, 0.1) is 11.3 Å². The van der Waals surface area contributed by atoms with Gasteiger partial charge in [0.2, 0.25) is 0 Å². The molecule has 0 bridgehead atoms. The Labute approximate surface area is 123 Å². The summed E-state index contributed by atoms with van der Waals surface area (Å²) in [5.74, 6) is -0.568. The fourth-order valence-corrected chi connectivity index (χ4v) is 2.69. The number of hydrogen-bond donors (Lipinski definition) is 0. The largest absolute Gasteiger partial charge is 0.462 e. The van der Waals surface area contributed by atoms with E-state index in [0.29, 0.717) is 5.57 Å². The van der Waals surface area contributed by atoms with Gasteiger partial charge in [-0.3, -0.25) is 0 Å². The van der Waals surface area contributed by atoms with E-state index in [1.807, 2.05) is 54.6 Å². The van der Waals surface area contributed by atoms with Gasteiger partial charge in [-0.25, -0.2) is 4.79 Å². The van der Waals surface area contributed by atoms with Crippen molar-refractivity contribution >= 4 is 11.5 Å². The Morgan fingerprint density at radius 3 is 1.90 bits per heavy atom. The summed E-state index contributed by atoms with van der Waals surface area (Å²) >= 11 is 0. The zero-order valence-electron chi connectivity index (χ0n) is 11.6. The molecule has 0 atom stereocenters. The predicted molar refractivity (Wildman–Crippen MR) is 80.1 cm³/mol. The van der Waals surface area contributed by atoms with Gasteiger partial charge < -0.3 is 4.74 Å². The van der Waals surface area contributed by atoms with Crippen LogP contribution in [0.1, 0.15) is 18.1 Å². The zero-order chi connectivity index (χ0) is 14.8. The third-order valence-electron chi connectivity index (χ3n) is 3.52. The molecule has 0 aliphatic heterocycles. The molecule has 0 amide bonds. The molecule has 0 fully saturated rings. The highest BCUT2D eigenvalue weighted by atomic mass is 16.5. The first-order valence-corrected chi connectivity index (χ1v) is 6.78. The molecule has 2 aromatic rings. The molecule has 102 valence electrons. The van der Waals surface area contributed by atoms with Crippen molar-refractivity contribution in [3.8, 4) is 17.2 Å². The molecule has 3 nitrogen and oxygen atoms in total. The van der Waals surface area contributed by atoms with Crippen LogP contribution in [0.15, 0.2) is 54.1 Å². The van der Waals surface area contributed by atoms with E-state index in [1.54, 1.807) is 6.92 Å². The second-order valence-corrected chi connectivity index (χ2v) is 4.67. The number of benzene rings is 2. The van der Waals surface area contributed by atoms with Gasteiger partial charge in [0.05, 0.1) is 6.61 Å². The summed E-state index contributed by atoms with van der Waals surface area (Å²) in [4.78, 5) is 12.1. The van der Waals surface area contributed by atoms with Gasteiger partial charge in [0.15, 0.2) is 0 Å². The average Bonchev–Trinajstić information content (AvgIpc) is 2.84. The first kappa shape index (κ1) is 13.1. The maximum absolute atomic E-state index is 12.1. The van der Waals surface area contributed by atoms with Crippen molar-refractivity contribution in [2.24, 2.45) is 0 Å². The standard InChI is InChI=1S/C18H13NO2/c1-2-21-18(20)16(11-19)17-14-9-5-3-7-12(14)13-8-4-6-10-15(13)17/h3-10H,2H2,1H3. The van der Waals surface area contributed by atoms with Crippen molar-refractivity contribution < 1.29 is 9.53 Å². The van der Waals surface area contributed by atoms with Crippen molar-refractivity contribution in [3.63, 3.8) is 0 Å². The summed E-state index contributed by atoms with van der Waals surface area (Å²) in [5.41, 5.74) is 4.63. The van der Waals surface area contributed by atoms with E-state index in [1.165, 1.54) is 0 Å². The lowest BCUT2D eigenvalue weighted by molar-refractivity contribution is -0.137. The van der Waals surface area contributed by atoms with Crippen molar-refractivity contribution in [3.05, 3.63) is 65.2 Å². The smallest absolute Gasteiger partial charge is 0.349 e. The molecule has 0 saturated heterocycles. The number of fused-ring (bicyclic) bond motifs is 3. The molecule has 0 N–H and O–H groups in total. The van der Waals surface area contributed by atoms with Gasteiger partial charge in [-0.2, -0.15) is 5.26 Å². The molecule has 0 unspecified atom stereocenters. The van der Waals surface area contributed by atoms with Crippen LogP contribution < -0.4 is 0 Å². The van der Waals surface area contributed by atoms with E-state index in [2.05, 4.69) is 0 Å². The van der Waals surface area contributed by atoms with Crippen LogP contribution in [0.4, 0.5) is 0 Å². The van der Waals surface area contributed by atoms with E-state index < -0.39 is 5.97 Å². The Kier molecular flexibility index (Phi) is 3.29. The number of nitriles is 1. The second-order valence-electron chi connectivity index (χ2n) is 4.67. The van der Waals surface area contributed by atoms with Crippen molar-refractivity contribution in [1.82, 2.24) is 0 Å². The van der Waals surface area contributed by atoms with E-state index >= 15 is 0 Å². The fourth-order valence-electron chi connectivity index (χ4n) is 2.69.